The lowest BCUT2D eigenvalue weighted by atomic mass is 9.81. The first-order valence-corrected chi connectivity index (χ1v) is 12.8. The van der Waals surface area contributed by atoms with E-state index in [1.807, 2.05) is 0 Å². The number of nitrogens with two attached hydrogens (primary N) is 2. The van der Waals surface area contributed by atoms with Crippen LogP contribution < -0.4 is 10.3 Å². The molecule has 5 N–H and O–H groups in total. The van der Waals surface area contributed by atoms with E-state index in [1.165, 1.54) is 30.3 Å². The number of benzene rings is 2. The van der Waals surface area contributed by atoms with Crippen LogP contribution in [-0.4, -0.2) is 27.2 Å². The summed E-state index contributed by atoms with van der Waals surface area (Å²) in [5.74, 6) is 0. The van der Waals surface area contributed by atoms with Gasteiger partial charge >= 0.3 is 0 Å². The highest BCUT2D eigenvalue weighted by atomic mass is 35.5. The largest absolute Gasteiger partial charge is 0.376 e. The zero-order valence-corrected chi connectivity index (χ0v) is 19.6. The fourth-order valence-corrected chi connectivity index (χ4v) is 6.40. The van der Waals surface area contributed by atoms with Crippen LogP contribution in [0.15, 0.2) is 53.5 Å². The summed E-state index contributed by atoms with van der Waals surface area (Å²) in [6, 6.07) is 8.96. The highest BCUT2D eigenvalue weighted by molar-refractivity contribution is 7.93. The lowest BCUT2D eigenvalue weighted by molar-refractivity contribution is 0.136. The van der Waals surface area contributed by atoms with Gasteiger partial charge in [0, 0.05) is 15.6 Å². The molecule has 2 atom stereocenters. The van der Waals surface area contributed by atoms with Gasteiger partial charge in [0.25, 0.3) is 0 Å². The van der Waals surface area contributed by atoms with Gasteiger partial charge in [-0.15, -0.1) is 0 Å². The topological polar surface area (TPSA) is 141 Å². The third-order valence-electron chi connectivity index (χ3n) is 5.10. The molecule has 0 fully saturated rings. The second kappa shape index (κ2) is 8.00. The highest BCUT2D eigenvalue weighted by Crippen LogP contribution is 2.46. The highest BCUT2D eigenvalue weighted by Gasteiger charge is 2.47. The molecule has 0 spiro atoms. The van der Waals surface area contributed by atoms with Crippen molar-refractivity contribution in [3.8, 4) is 0 Å². The molecule has 2 aromatic rings. The monoisotopic (exact) mass is 502 g/mol. The van der Waals surface area contributed by atoms with Crippen molar-refractivity contribution in [3.05, 3.63) is 85.8 Å². The molecule has 31 heavy (non-hydrogen) atoms. The van der Waals surface area contributed by atoms with Crippen LogP contribution in [0.5, 0.6) is 0 Å². The number of aliphatic hydroxyl groups is 1. The lowest BCUT2D eigenvalue weighted by Gasteiger charge is -2.36. The molecular weight excluding hydrogens is 483 g/mol. The quantitative estimate of drug-likeness (QED) is 0.551. The molecular formula is C20H20Cl2N2O5S2. The Morgan fingerprint density at radius 2 is 1.48 bits per heavy atom. The summed E-state index contributed by atoms with van der Waals surface area (Å²) in [5.41, 5.74) is -1.15. The average molecular weight is 503 g/mol. The van der Waals surface area contributed by atoms with Gasteiger partial charge in [-0.05, 0) is 66.4 Å². The molecule has 0 amide bonds. The molecule has 2 aromatic carbocycles. The van der Waals surface area contributed by atoms with Crippen molar-refractivity contribution in [3.63, 3.8) is 0 Å². The van der Waals surface area contributed by atoms with Gasteiger partial charge < -0.3 is 5.11 Å². The van der Waals surface area contributed by atoms with E-state index < -0.39 is 35.8 Å². The number of aryl methyl sites for hydroxylation is 2. The van der Waals surface area contributed by atoms with Crippen LogP contribution in [0.1, 0.15) is 22.3 Å². The molecule has 0 saturated carbocycles. The predicted molar refractivity (Wildman–Crippen MR) is 122 cm³/mol. The van der Waals surface area contributed by atoms with E-state index in [9.17, 15) is 21.9 Å². The van der Waals surface area contributed by atoms with Crippen molar-refractivity contribution in [2.75, 3.05) is 0 Å². The molecule has 0 radical (unpaired) electrons. The third-order valence-corrected chi connectivity index (χ3v) is 7.77. The summed E-state index contributed by atoms with van der Waals surface area (Å²) in [4.78, 5) is -0.683. The SMILES string of the molecule is Cc1cc(Cl)ccc1C1=C(S(N)(=O)=O)C(O)(c2ccc(Cl)cc2C)C=CC1S(N)(=O)=O. The maximum absolute atomic E-state index is 12.8. The van der Waals surface area contributed by atoms with Crippen molar-refractivity contribution in [1.82, 2.24) is 0 Å². The Morgan fingerprint density at radius 3 is 1.97 bits per heavy atom. The maximum Gasteiger partial charge on any atom is 0.238 e. The molecule has 0 bridgehead atoms. The number of rotatable bonds is 4. The Kier molecular flexibility index (Phi) is 6.18. The predicted octanol–water partition coefficient (Wildman–Crippen LogP) is 2.72. The van der Waals surface area contributed by atoms with Gasteiger partial charge in [0.2, 0.25) is 20.0 Å². The van der Waals surface area contributed by atoms with Crippen LogP contribution in [0.2, 0.25) is 10.0 Å². The van der Waals surface area contributed by atoms with E-state index in [1.54, 1.807) is 19.9 Å². The smallest absolute Gasteiger partial charge is 0.238 e. The summed E-state index contributed by atoms with van der Waals surface area (Å²) in [6.45, 7) is 3.26. The van der Waals surface area contributed by atoms with E-state index >= 15 is 0 Å². The van der Waals surface area contributed by atoms with Crippen LogP contribution in [0.25, 0.3) is 5.57 Å². The zero-order valence-electron chi connectivity index (χ0n) is 16.5. The minimum atomic E-state index is -4.63. The van der Waals surface area contributed by atoms with Gasteiger partial charge in [0.1, 0.15) is 15.8 Å². The first-order valence-electron chi connectivity index (χ1n) is 8.90. The minimum Gasteiger partial charge on any atom is -0.376 e. The lowest BCUT2D eigenvalue weighted by Crippen LogP contribution is -2.42. The van der Waals surface area contributed by atoms with Gasteiger partial charge in [0.05, 0.1) is 0 Å². The van der Waals surface area contributed by atoms with E-state index in [0.29, 0.717) is 21.2 Å². The fourth-order valence-electron chi connectivity index (χ4n) is 3.85. The minimum absolute atomic E-state index is 0.175. The third kappa shape index (κ3) is 4.45. The van der Waals surface area contributed by atoms with Gasteiger partial charge in [-0.2, -0.15) is 0 Å². The number of halogens is 2. The number of hydrogen-bond acceptors (Lipinski definition) is 5. The number of sulfonamides is 2. The molecule has 7 nitrogen and oxygen atoms in total. The first-order chi connectivity index (χ1) is 14.2. The van der Waals surface area contributed by atoms with Crippen LogP contribution >= 0.6 is 23.2 Å². The molecule has 0 saturated heterocycles. The molecule has 2 unspecified atom stereocenters. The van der Waals surface area contributed by atoms with Gasteiger partial charge in [-0.1, -0.05) is 41.4 Å². The Bertz CT molecular complexity index is 1350. The molecule has 3 rings (SSSR count). The standard InChI is InChI=1S/C20H20Cl2N2O5S2/c1-11-9-13(21)3-5-15(11)18-17(30(23,26)27)7-8-20(25,19(18)31(24,28)29)16-6-4-14(22)10-12(16)2/h3-10,17,25H,1-2H3,(H2,23,26,27)(H2,24,28,29). The Morgan fingerprint density at radius 1 is 0.935 bits per heavy atom. The van der Waals surface area contributed by atoms with E-state index in [0.717, 1.165) is 12.2 Å². The van der Waals surface area contributed by atoms with Gasteiger partial charge in [0.15, 0.2) is 0 Å². The summed E-state index contributed by atoms with van der Waals surface area (Å²) < 4.78 is 50.5. The van der Waals surface area contributed by atoms with Crippen molar-refractivity contribution in [1.29, 1.82) is 0 Å². The van der Waals surface area contributed by atoms with Crippen LogP contribution in [-0.2, 0) is 25.6 Å². The Hall–Kier alpha value is -1.72. The van der Waals surface area contributed by atoms with Crippen LogP contribution in [0, 0.1) is 13.8 Å². The second-order valence-electron chi connectivity index (χ2n) is 7.34. The van der Waals surface area contributed by atoms with Crippen molar-refractivity contribution in [2.24, 2.45) is 10.3 Å². The molecule has 166 valence electrons. The second-order valence-corrected chi connectivity index (χ2v) is 11.4. The number of hydrogen-bond donors (Lipinski definition) is 3. The molecule has 0 heterocycles. The van der Waals surface area contributed by atoms with E-state index in [-0.39, 0.29) is 16.7 Å². The van der Waals surface area contributed by atoms with Gasteiger partial charge in [-0.3, -0.25) is 0 Å². The van der Waals surface area contributed by atoms with Crippen LogP contribution in [0.3, 0.4) is 0 Å². The molecule has 0 aromatic heterocycles. The number of primary sulfonamides is 2. The zero-order chi connectivity index (χ0) is 23.4. The van der Waals surface area contributed by atoms with Crippen molar-refractivity contribution in [2.45, 2.75) is 24.7 Å². The Balaban J connectivity index is 2.52. The summed E-state index contributed by atoms with van der Waals surface area (Å²) >= 11 is 12.0. The first kappa shape index (κ1) is 23.9. The van der Waals surface area contributed by atoms with E-state index in [2.05, 4.69) is 0 Å². The van der Waals surface area contributed by atoms with Crippen molar-refractivity contribution >= 4 is 48.8 Å². The summed E-state index contributed by atoms with van der Waals surface area (Å²) in [5, 5.41) is 21.8. The Labute approximate surface area is 191 Å². The average Bonchev–Trinajstić information content (AvgIpc) is 2.59. The molecule has 11 heteroatoms. The maximum atomic E-state index is 12.8. The van der Waals surface area contributed by atoms with E-state index in [4.69, 9.17) is 33.5 Å². The fraction of sp³-hybridized carbons (Fsp3) is 0.200. The van der Waals surface area contributed by atoms with Gasteiger partial charge in [-0.25, -0.2) is 27.1 Å². The summed E-state index contributed by atoms with van der Waals surface area (Å²) in [7, 11) is -8.96. The van der Waals surface area contributed by atoms with Crippen molar-refractivity contribution < 1.29 is 21.9 Å². The summed E-state index contributed by atoms with van der Waals surface area (Å²) in [6.07, 6.45) is 2.23. The molecule has 1 aliphatic carbocycles. The molecule has 1 aliphatic rings. The van der Waals surface area contributed by atoms with Crippen LogP contribution in [0.4, 0.5) is 0 Å². The molecule has 0 aliphatic heterocycles. The normalized spacial score (nSPS) is 22.1.